The van der Waals surface area contributed by atoms with E-state index < -0.39 is 5.97 Å². The smallest absolute Gasteiger partial charge is 0.328 e. The standard InChI is InChI=1S/C18H24N4O3/c23-17(24)7-5-14-4-6-16(19-12-14)20-15-8-11-22(13-15)18(25)21-9-2-1-3-10-21/h4-7,12,15H,1-3,8-11,13H2,(H,19,20)(H,23,24)/t15-/m1/s1. The Kier molecular flexibility index (Phi) is 5.53. The van der Waals surface area contributed by atoms with Crippen molar-refractivity contribution in [1.82, 2.24) is 14.8 Å². The number of urea groups is 1. The highest BCUT2D eigenvalue weighted by Crippen LogP contribution is 2.18. The van der Waals surface area contributed by atoms with E-state index in [9.17, 15) is 9.59 Å². The molecule has 0 spiro atoms. The number of anilines is 1. The number of nitrogens with zero attached hydrogens (tertiary/aromatic N) is 3. The minimum atomic E-state index is -0.980. The topological polar surface area (TPSA) is 85.8 Å². The van der Waals surface area contributed by atoms with Crippen molar-refractivity contribution in [3.05, 3.63) is 30.0 Å². The van der Waals surface area contributed by atoms with Gasteiger partial charge in [-0.1, -0.05) is 0 Å². The maximum atomic E-state index is 12.5. The number of amides is 2. The number of carboxylic acid groups (broad SMARTS) is 1. The molecule has 1 atom stereocenters. The molecular weight excluding hydrogens is 320 g/mol. The number of rotatable bonds is 4. The Bertz CT molecular complexity index is 638. The van der Waals surface area contributed by atoms with Gasteiger partial charge in [0.15, 0.2) is 0 Å². The fourth-order valence-corrected chi connectivity index (χ4v) is 3.30. The molecule has 2 amide bonds. The summed E-state index contributed by atoms with van der Waals surface area (Å²) >= 11 is 0. The Morgan fingerprint density at radius 1 is 1.16 bits per heavy atom. The van der Waals surface area contributed by atoms with Crippen LogP contribution in [0, 0.1) is 0 Å². The van der Waals surface area contributed by atoms with E-state index in [1.807, 2.05) is 21.9 Å². The maximum absolute atomic E-state index is 12.5. The first-order chi connectivity index (χ1) is 12.1. The molecular formula is C18H24N4O3. The van der Waals surface area contributed by atoms with E-state index >= 15 is 0 Å². The number of hydrogen-bond acceptors (Lipinski definition) is 4. The van der Waals surface area contributed by atoms with Crippen LogP contribution in [0.15, 0.2) is 24.4 Å². The lowest BCUT2D eigenvalue weighted by Gasteiger charge is -2.31. The molecule has 0 bridgehead atoms. The number of aromatic nitrogens is 1. The molecule has 2 aliphatic rings. The molecule has 3 rings (SSSR count). The number of piperidine rings is 1. The molecule has 0 radical (unpaired) electrons. The molecule has 0 saturated carbocycles. The van der Waals surface area contributed by atoms with Gasteiger partial charge in [-0.3, -0.25) is 0 Å². The van der Waals surface area contributed by atoms with Crippen LogP contribution in [-0.4, -0.2) is 64.1 Å². The zero-order valence-corrected chi connectivity index (χ0v) is 14.2. The number of carbonyl (C=O) groups excluding carboxylic acids is 1. The van der Waals surface area contributed by atoms with E-state index in [4.69, 9.17) is 5.11 Å². The average molecular weight is 344 g/mol. The first-order valence-electron chi connectivity index (χ1n) is 8.79. The second kappa shape index (κ2) is 8.00. The van der Waals surface area contributed by atoms with Crippen LogP contribution in [-0.2, 0) is 4.79 Å². The minimum absolute atomic E-state index is 0.158. The van der Waals surface area contributed by atoms with Gasteiger partial charge < -0.3 is 20.2 Å². The van der Waals surface area contributed by atoms with Gasteiger partial charge in [0, 0.05) is 44.5 Å². The van der Waals surface area contributed by atoms with Crippen molar-refractivity contribution in [1.29, 1.82) is 0 Å². The molecule has 0 aliphatic carbocycles. The molecule has 1 aromatic heterocycles. The van der Waals surface area contributed by atoms with Crippen LogP contribution in [0.2, 0.25) is 0 Å². The molecule has 2 aliphatic heterocycles. The Hall–Kier alpha value is -2.57. The van der Waals surface area contributed by atoms with Gasteiger partial charge in [-0.15, -0.1) is 0 Å². The second-order valence-electron chi connectivity index (χ2n) is 6.55. The Morgan fingerprint density at radius 2 is 1.96 bits per heavy atom. The zero-order valence-electron chi connectivity index (χ0n) is 14.2. The van der Waals surface area contributed by atoms with Crippen molar-refractivity contribution in [3.63, 3.8) is 0 Å². The molecule has 2 saturated heterocycles. The third kappa shape index (κ3) is 4.71. The van der Waals surface area contributed by atoms with Crippen molar-refractivity contribution in [2.45, 2.75) is 31.7 Å². The largest absolute Gasteiger partial charge is 0.478 e. The summed E-state index contributed by atoms with van der Waals surface area (Å²) in [6.07, 6.45) is 8.56. The highest BCUT2D eigenvalue weighted by atomic mass is 16.4. The van der Waals surface area contributed by atoms with Gasteiger partial charge in [0.25, 0.3) is 0 Å². The van der Waals surface area contributed by atoms with Gasteiger partial charge in [0.1, 0.15) is 5.82 Å². The number of carboxylic acids is 1. The van der Waals surface area contributed by atoms with Gasteiger partial charge in [0.2, 0.25) is 0 Å². The summed E-state index contributed by atoms with van der Waals surface area (Å²) in [4.78, 5) is 31.2. The van der Waals surface area contributed by atoms with E-state index in [1.54, 1.807) is 6.20 Å². The Morgan fingerprint density at radius 3 is 2.64 bits per heavy atom. The summed E-state index contributed by atoms with van der Waals surface area (Å²) < 4.78 is 0. The summed E-state index contributed by atoms with van der Waals surface area (Å²) in [6.45, 7) is 3.21. The van der Waals surface area contributed by atoms with Crippen molar-refractivity contribution < 1.29 is 14.7 Å². The van der Waals surface area contributed by atoms with Crippen LogP contribution in [0.3, 0.4) is 0 Å². The molecule has 2 N–H and O–H groups in total. The van der Waals surface area contributed by atoms with Gasteiger partial charge >= 0.3 is 12.0 Å². The third-order valence-corrected chi connectivity index (χ3v) is 4.64. The maximum Gasteiger partial charge on any atom is 0.328 e. The van der Waals surface area contributed by atoms with Gasteiger partial charge in [-0.05, 0) is 49.5 Å². The van der Waals surface area contributed by atoms with Crippen LogP contribution in [0.25, 0.3) is 6.08 Å². The third-order valence-electron chi connectivity index (χ3n) is 4.64. The van der Waals surface area contributed by atoms with E-state index in [2.05, 4.69) is 10.3 Å². The molecule has 25 heavy (non-hydrogen) atoms. The van der Waals surface area contributed by atoms with Crippen LogP contribution < -0.4 is 5.32 Å². The summed E-state index contributed by atoms with van der Waals surface area (Å²) in [7, 11) is 0. The lowest BCUT2D eigenvalue weighted by atomic mass is 10.1. The molecule has 3 heterocycles. The number of hydrogen-bond donors (Lipinski definition) is 2. The Labute approximate surface area is 147 Å². The summed E-state index contributed by atoms with van der Waals surface area (Å²) in [5.41, 5.74) is 0.737. The number of aliphatic carboxylic acids is 1. The van der Waals surface area contributed by atoms with Gasteiger partial charge in [-0.25, -0.2) is 14.6 Å². The fourth-order valence-electron chi connectivity index (χ4n) is 3.30. The van der Waals surface area contributed by atoms with E-state index in [1.165, 1.54) is 12.5 Å². The zero-order chi connectivity index (χ0) is 17.6. The molecule has 0 unspecified atom stereocenters. The fraction of sp³-hybridized carbons (Fsp3) is 0.500. The number of carbonyl (C=O) groups is 2. The van der Waals surface area contributed by atoms with E-state index in [-0.39, 0.29) is 12.1 Å². The normalized spacial score (nSPS) is 20.9. The summed E-state index contributed by atoms with van der Waals surface area (Å²) in [6, 6.07) is 4.00. The minimum Gasteiger partial charge on any atom is -0.478 e. The number of pyridine rings is 1. The van der Waals surface area contributed by atoms with Crippen molar-refractivity contribution in [2.24, 2.45) is 0 Å². The van der Waals surface area contributed by atoms with Crippen LogP contribution >= 0.6 is 0 Å². The highest BCUT2D eigenvalue weighted by Gasteiger charge is 2.29. The molecule has 7 nitrogen and oxygen atoms in total. The van der Waals surface area contributed by atoms with Gasteiger partial charge in [0.05, 0.1) is 0 Å². The average Bonchev–Trinajstić information content (AvgIpc) is 3.09. The first kappa shape index (κ1) is 17.3. The number of likely N-dealkylation sites (tertiary alicyclic amines) is 2. The van der Waals surface area contributed by atoms with Crippen LogP contribution in [0.1, 0.15) is 31.2 Å². The van der Waals surface area contributed by atoms with E-state index in [0.29, 0.717) is 6.54 Å². The number of nitrogens with one attached hydrogen (secondary N) is 1. The van der Waals surface area contributed by atoms with E-state index in [0.717, 1.165) is 56.4 Å². The van der Waals surface area contributed by atoms with Crippen LogP contribution in [0.4, 0.5) is 10.6 Å². The lowest BCUT2D eigenvalue weighted by molar-refractivity contribution is -0.131. The van der Waals surface area contributed by atoms with Crippen molar-refractivity contribution in [3.8, 4) is 0 Å². The van der Waals surface area contributed by atoms with Gasteiger partial charge in [-0.2, -0.15) is 0 Å². The predicted octanol–water partition coefficient (Wildman–Crippen LogP) is 2.27. The molecule has 1 aromatic rings. The second-order valence-corrected chi connectivity index (χ2v) is 6.55. The SMILES string of the molecule is O=C(O)C=Cc1ccc(N[C@@H]2CCN(C(=O)N3CCCCC3)C2)nc1. The van der Waals surface area contributed by atoms with Crippen molar-refractivity contribution in [2.75, 3.05) is 31.5 Å². The lowest BCUT2D eigenvalue weighted by Crippen LogP contribution is -2.45. The van der Waals surface area contributed by atoms with Crippen molar-refractivity contribution >= 4 is 23.9 Å². The molecule has 0 aromatic carbocycles. The molecule has 7 heteroatoms. The van der Waals surface area contributed by atoms with Crippen LogP contribution in [0.5, 0.6) is 0 Å². The highest BCUT2D eigenvalue weighted by molar-refractivity contribution is 5.85. The monoisotopic (exact) mass is 344 g/mol. The molecule has 2 fully saturated rings. The summed E-state index contributed by atoms with van der Waals surface area (Å²) in [5, 5.41) is 12.0. The Balaban J connectivity index is 1.51. The molecule has 134 valence electrons. The predicted molar refractivity (Wildman–Crippen MR) is 95.3 cm³/mol. The quantitative estimate of drug-likeness (QED) is 0.819. The summed E-state index contributed by atoms with van der Waals surface area (Å²) in [5.74, 6) is -0.239. The first-order valence-corrected chi connectivity index (χ1v) is 8.79.